The first-order valence-electron chi connectivity index (χ1n) is 11.4. The molecular formula is C24H35N3O3. The Hall–Kier alpha value is -2.37. The van der Waals surface area contributed by atoms with Gasteiger partial charge < -0.3 is 15.5 Å². The van der Waals surface area contributed by atoms with Crippen molar-refractivity contribution in [3.8, 4) is 0 Å². The van der Waals surface area contributed by atoms with Gasteiger partial charge in [-0.1, -0.05) is 38.0 Å². The van der Waals surface area contributed by atoms with Crippen molar-refractivity contribution in [3.63, 3.8) is 0 Å². The highest BCUT2D eigenvalue weighted by atomic mass is 16.2. The number of carbonyl (C=O) groups excluding carboxylic acids is 3. The molecule has 1 saturated carbocycles. The normalized spacial score (nSPS) is 19.9. The lowest BCUT2D eigenvalue weighted by Gasteiger charge is -2.37. The molecule has 1 aliphatic carbocycles. The summed E-state index contributed by atoms with van der Waals surface area (Å²) in [5.74, 6) is 0.122. The molecule has 1 heterocycles. The van der Waals surface area contributed by atoms with Gasteiger partial charge >= 0.3 is 0 Å². The highest BCUT2D eigenvalue weighted by Gasteiger charge is 2.36. The van der Waals surface area contributed by atoms with Crippen LogP contribution in [-0.2, 0) is 9.59 Å². The molecule has 1 aromatic carbocycles. The second-order valence-electron chi connectivity index (χ2n) is 8.78. The number of benzene rings is 1. The van der Waals surface area contributed by atoms with E-state index in [-0.39, 0.29) is 35.6 Å². The summed E-state index contributed by atoms with van der Waals surface area (Å²) in [4.78, 5) is 40.4. The summed E-state index contributed by atoms with van der Waals surface area (Å²) >= 11 is 0. The number of hydrogen-bond donors (Lipinski definition) is 2. The molecule has 0 spiro atoms. The molecule has 3 rings (SSSR count). The van der Waals surface area contributed by atoms with Crippen molar-refractivity contribution >= 4 is 17.7 Å². The molecule has 164 valence electrons. The van der Waals surface area contributed by atoms with Crippen molar-refractivity contribution in [2.75, 3.05) is 13.1 Å². The summed E-state index contributed by atoms with van der Waals surface area (Å²) in [6.07, 6.45) is 6.60. The topological polar surface area (TPSA) is 78.5 Å². The first-order chi connectivity index (χ1) is 14.5. The van der Waals surface area contributed by atoms with E-state index in [1.807, 2.05) is 36.9 Å². The summed E-state index contributed by atoms with van der Waals surface area (Å²) in [5.41, 5.74) is 0.549. The van der Waals surface area contributed by atoms with E-state index in [2.05, 4.69) is 10.6 Å². The number of amides is 3. The van der Waals surface area contributed by atoms with Crippen LogP contribution in [0.25, 0.3) is 0 Å². The molecule has 0 unspecified atom stereocenters. The number of nitrogens with zero attached hydrogens (tertiary/aromatic N) is 1. The summed E-state index contributed by atoms with van der Waals surface area (Å²) in [6, 6.07) is 8.46. The van der Waals surface area contributed by atoms with Crippen LogP contribution in [0.2, 0.25) is 0 Å². The van der Waals surface area contributed by atoms with E-state index in [4.69, 9.17) is 0 Å². The van der Waals surface area contributed by atoms with Gasteiger partial charge in [0.2, 0.25) is 11.8 Å². The van der Waals surface area contributed by atoms with Crippen LogP contribution in [0.5, 0.6) is 0 Å². The summed E-state index contributed by atoms with van der Waals surface area (Å²) in [7, 11) is 0. The first-order valence-corrected chi connectivity index (χ1v) is 11.4. The smallest absolute Gasteiger partial charge is 0.251 e. The van der Waals surface area contributed by atoms with E-state index in [1.54, 1.807) is 12.1 Å². The monoisotopic (exact) mass is 413 g/mol. The lowest BCUT2D eigenvalue weighted by molar-refractivity contribution is -0.137. The first kappa shape index (κ1) is 22.3. The molecule has 0 bridgehead atoms. The molecule has 6 nitrogen and oxygen atoms in total. The number of rotatable bonds is 7. The zero-order chi connectivity index (χ0) is 21.5. The second kappa shape index (κ2) is 10.6. The number of piperidine rings is 1. The van der Waals surface area contributed by atoms with Crippen LogP contribution >= 0.6 is 0 Å². The fourth-order valence-corrected chi connectivity index (χ4v) is 4.53. The third kappa shape index (κ3) is 5.61. The van der Waals surface area contributed by atoms with Crippen LogP contribution in [0.4, 0.5) is 0 Å². The van der Waals surface area contributed by atoms with Crippen molar-refractivity contribution in [1.82, 2.24) is 15.5 Å². The van der Waals surface area contributed by atoms with Gasteiger partial charge in [-0.15, -0.1) is 0 Å². The predicted octanol–water partition coefficient (Wildman–Crippen LogP) is 3.13. The molecule has 30 heavy (non-hydrogen) atoms. The van der Waals surface area contributed by atoms with Crippen molar-refractivity contribution in [1.29, 1.82) is 0 Å². The third-order valence-corrected chi connectivity index (χ3v) is 6.63. The third-order valence-electron chi connectivity index (χ3n) is 6.63. The van der Waals surface area contributed by atoms with Crippen molar-refractivity contribution in [3.05, 3.63) is 35.9 Å². The minimum atomic E-state index is -0.588. The SMILES string of the molecule is CC[C@@H](C)NC(=O)[C@@H](NC(=O)c1ccccc1)C1CCN(C(=O)C2CCCC2)CC1. The van der Waals surface area contributed by atoms with Gasteiger partial charge in [-0.2, -0.15) is 0 Å². The molecule has 1 aliphatic heterocycles. The lowest BCUT2D eigenvalue weighted by Crippen LogP contribution is -2.55. The molecule has 2 fully saturated rings. The Balaban J connectivity index is 1.65. The molecule has 0 aromatic heterocycles. The van der Waals surface area contributed by atoms with E-state index >= 15 is 0 Å². The van der Waals surface area contributed by atoms with Crippen LogP contribution < -0.4 is 10.6 Å². The van der Waals surface area contributed by atoms with E-state index in [0.717, 1.165) is 44.9 Å². The van der Waals surface area contributed by atoms with E-state index < -0.39 is 6.04 Å². The lowest BCUT2D eigenvalue weighted by atomic mass is 9.87. The summed E-state index contributed by atoms with van der Waals surface area (Å²) in [6.45, 7) is 5.31. The largest absolute Gasteiger partial charge is 0.352 e. The van der Waals surface area contributed by atoms with E-state index in [0.29, 0.717) is 18.7 Å². The Kier molecular flexibility index (Phi) is 7.88. The molecule has 1 saturated heterocycles. The zero-order valence-corrected chi connectivity index (χ0v) is 18.2. The molecule has 2 N–H and O–H groups in total. The zero-order valence-electron chi connectivity index (χ0n) is 18.2. The van der Waals surface area contributed by atoms with Crippen LogP contribution in [0, 0.1) is 11.8 Å². The van der Waals surface area contributed by atoms with Gasteiger partial charge in [0.05, 0.1) is 0 Å². The Bertz CT molecular complexity index is 722. The van der Waals surface area contributed by atoms with Gasteiger partial charge in [-0.3, -0.25) is 14.4 Å². The quantitative estimate of drug-likeness (QED) is 0.721. The number of nitrogens with one attached hydrogen (secondary N) is 2. The van der Waals surface area contributed by atoms with Crippen molar-refractivity contribution in [2.24, 2.45) is 11.8 Å². The van der Waals surface area contributed by atoms with Gasteiger partial charge in [-0.25, -0.2) is 0 Å². The average Bonchev–Trinajstić information content (AvgIpc) is 3.32. The molecule has 1 aromatic rings. The maximum Gasteiger partial charge on any atom is 0.251 e. The van der Waals surface area contributed by atoms with Gasteiger partial charge in [0, 0.05) is 30.6 Å². The molecule has 2 aliphatic rings. The predicted molar refractivity (Wildman–Crippen MR) is 117 cm³/mol. The minimum absolute atomic E-state index is 0.0225. The van der Waals surface area contributed by atoms with Crippen LogP contribution in [0.1, 0.15) is 69.2 Å². The minimum Gasteiger partial charge on any atom is -0.352 e. The van der Waals surface area contributed by atoms with Gasteiger partial charge in [0.1, 0.15) is 6.04 Å². The van der Waals surface area contributed by atoms with Crippen LogP contribution in [0.3, 0.4) is 0 Å². The molecular weight excluding hydrogens is 378 g/mol. The van der Waals surface area contributed by atoms with Crippen LogP contribution in [-0.4, -0.2) is 47.8 Å². The van der Waals surface area contributed by atoms with E-state index in [1.165, 1.54) is 0 Å². The molecule has 0 radical (unpaired) electrons. The number of likely N-dealkylation sites (tertiary alicyclic amines) is 1. The van der Waals surface area contributed by atoms with Crippen LogP contribution in [0.15, 0.2) is 30.3 Å². The number of hydrogen-bond acceptors (Lipinski definition) is 3. The van der Waals surface area contributed by atoms with Crippen molar-refractivity contribution < 1.29 is 14.4 Å². The second-order valence-corrected chi connectivity index (χ2v) is 8.78. The van der Waals surface area contributed by atoms with Gasteiger partial charge in [0.25, 0.3) is 5.91 Å². The fraction of sp³-hybridized carbons (Fsp3) is 0.625. The molecule has 6 heteroatoms. The van der Waals surface area contributed by atoms with E-state index in [9.17, 15) is 14.4 Å². The van der Waals surface area contributed by atoms with Crippen molar-refractivity contribution in [2.45, 2.75) is 70.9 Å². The molecule has 2 atom stereocenters. The molecule has 3 amide bonds. The maximum absolute atomic E-state index is 13.0. The van der Waals surface area contributed by atoms with Gasteiger partial charge in [-0.05, 0) is 57.1 Å². The average molecular weight is 414 g/mol. The summed E-state index contributed by atoms with van der Waals surface area (Å²) in [5, 5.41) is 6.01. The maximum atomic E-state index is 13.0. The standard InChI is InChI=1S/C24H35N3O3/c1-3-17(2)25-23(29)21(26-22(28)19-9-5-4-6-10-19)18-13-15-27(16-14-18)24(30)20-11-7-8-12-20/h4-6,9-10,17-18,20-21H,3,7-8,11-16H2,1-2H3,(H,25,29)(H,26,28)/t17-,21+/m1/s1. The Morgan fingerprint density at radius 2 is 1.63 bits per heavy atom. The van der Waals surface area contributed by atoms with Gasteiger partial charge in [0.15, 0.2) is 0 Å². The summed E-state index contributed by atoms with van der Waals surface area (Å²) < 4.78 is 0. The Morgan fingerprint density at radius 1 is 1.00 bits per heavy atom. The highest BCUT2D eigenvalue weighted by molar-refractivity contribution is 5.97. The Labute approximate surface area is 179 Å². The Morgan fingerprint density at radius 3 is 2.23 bits per heavy atom. The fourth-order valence-electron chi connectivity index (χ4n) is 4.53. The highest BCUT2D eigenvalue weighted by Crippen LogP contribution is 2.29. The number of carbonyl (C=O) groups is 3.